The predicted molar refractivity (Wildman–Crippen MR) is 89.1 cm³/mol. The Kier molecular flexibility index (Phi) is 5.36. The molecule has 8 nitrogen and oxygen atoms in total. The summed E-state index contributed by atoms with van der Waals surface area (Å²) in [5.74, 6) is 0. The lowest BCUT2D eigenvalue weighted by Gasteiger charge is -2.05. The zero-order valence-electron chi connectivity index (χ0n) is 12.3. The molecule has 2 rings (SSSR count). The monoisotopic (exact) mass is 334 g/mol. The van der Waals surface area contributed by atoms with Crippen molar-refractivity contribution in [2.45, 2.75) is 19.8 Å². The summed E-state index contributed by atoms with van der Waals surface area (Å²) in [6, 6.07) is 7.24. The quantitative estimate of drug-likeness (QED) is 0.464. The van der Waals surface area contributed by atoms with Gasteiger partial charge in [0.05, 0.1) is 26.5 Å². The van der Waals surface area contributed by atoms with Crippen molar-refractivity contribution in [1.82, 2.24) is 0 Å². The first-order valence-electron chi connectivity index (χ1n) is 6.82. The minimum absolute atomic E-state index is 0.116. The average molecular weight is 334 g/mol. The van der Waals surface area contributed by atoms with Crippen LogP contribution >= 0.6 is 11.3 Å². The van der Waals surface area contributed by atoms with Crippen molar-refractivity contribution in [1.29, 1.82) is 0 Å². The summed E-state index contributed by atoms with van der Waals surface area (Å²) in [5.41, 5.74) is 2.85. The van der Waals surface area contributed by atoms with Crippen molar-refractivity contribution in [3.8, 4) is 0 Å². The number of rotatable bonds is 7. The first kappa shape index (κ1) is 16.6. The summed E-state index contributed by atoms with van der Waals surface area (Å²) >= 11 is 1.53. The smallest absolute Gasteiger partial charge is 0.271 e. The number of non-ortho nitro benzene ring substituents is 1. The summed E-state index contributed by atoms with van der Waals surface area (Å²) in [7, 11) is 0. The lowest BCUT2D eigenvalue weighted by molar-refractivity contribution is -0.393. The van der Waals surface area contributed by atoms with E-state index in [4.69, 9.17) is 0 Å². The van der Waals surface area contributed by atoms with E-state index < -0.39 is 9.85 Å². The second-order valence-electron chi connectivity index (χ2n) is 4.61. The summed E-state index contributed by atoms with van der Waals surface area (Å²) in [6.45, 7) is 2.01. The number of nitro groups is 2. The van der Waals surface area contributed by atoms with Crippen LogP contribution in [-0.4, -0.2) is 15.6 Å². The van der Waals surface area contributed by atoms with Crippen molar-refractivity contribution in [3.05, 3.63) is 60.8 Å². The highest BCUT2D eigenvalue weighted by atomic mass is 32.1. The normalized spacial score (nSPS) is 11.3. The number of benzene rings is 1. The molecule has 0 aliphatic carbocycles. The molecule has 0 radical (unpaired) electrons. The first-order valence-corrected chi connectivity index (χ1v) is 7.70. The Morgan fingerprint density at radius 1 is 1.26 bits per heavy atom. The zero-order chi connectivity index (χ0) is 16.8. The zero-order valence-corrected chi connectivity index (χ0v) is 13.1. The number of nitrogens with zero attached hydrogens (tertiary/aromatic N) is 3. The van der Waals surface area contributed by atoms with Crippen LogP contribution < -0.4 is 5.43 Å². The number of nitro benzene ring substituents is 2. The van der Waals surface area contributed by atoms with Gasteiger partial charge >= 0.3 is 5.69 Å². The molecule has 0 amide bonds. The van der Waals surface area contributed by atoms with Crippen LogP contribution in [-0.2, 0) is 0 Å². The molecule has 0 fully saturated rings. The molecule has 0 atom stereocenters. The minimum Gasteiger partial charge on any atom is -0.271 e. The Bertz CT molecular complexity index is 743. The van der Waals surface area contributed by atoms with E-state index in [-0.39, 0.29) is 17.1 Å². The predicted octanol–water partition coefficient (Wildman–Crippen LogP) is 4.18. The van der Waals surface area contributed by atoms with Gasteiger partial charge in [0, 0.05) is 6.07 Å². The molecule has 0 saturated heterocycles. The molecule has 1 N–H and O–H groups in total. The van der Waals surface area contributed by atoms with Crippen molar-refractivity contribution in [3.63, 3.8) is 0 Å². The molecule has 1 aromatic heterocycles. The third kappa shape index (κ3) is 4.10. The van der Waals surface area contributed by atoms with Gasteiger partial charge in [-0.1, -0.05) is 19.4 Å². The lowest BCUT2D eigenvalue weighted by Crippen LogP contribution is -2.04. The van der Waals surface area contributed by atoms with Crippen LogP contribution in [0.3, 0.4) is 0 Å². The fourth-order valence-corrected chi connectivity index (χ4v) is 2.67. The van der Waals surface area contributed by atoms with E-state index in [1.807, 2.05) is 24.4 Å². The van der Waals surface area contributed by atoms with Crippen molar-refractivity contribution in [2.75, 3.05) is 5.43 Å². The molecule has 0 aliphatic heterocycles. The fraction of sp³-hybridized carbons (Fsp3) is 0.214. The Morgan fingerprint density at radius 2 is 2.04 bits per heavy atom. The van der Waals surface area contributed by atoms with Crippen molar-refractivity contribution in [2.24, 2.45) is 5.10 Å². The summed E-state index contributed by atoms with van der Waals surface area (Å²) < 4.78 is 0. The third-order valence-corrected chi connectivity index (χ3v) is 3.91. The van der Waals surface area contributed by atoms with Crippen LogP contribution in [0, 0.1) is 20.2 Å². The van der Waals surface area contributed by atoms with Crippen LogP contribution in [0.25, 0.3) is 0 Å². The van der Waals surface area contributed by atoms with Gasteiger partial charge in [-0.15, -0.1) is 11.3 Å². The van der Waals surface area contributed by atoms with E-state index in [9.17, 15) is 20.2 Å². The van der Waals surface area contributed by atoms with E-state index >= 15 is 0 Å². The Balaban J connectivity index is 2.32. The summed E-state index contributed by atoms with van der Waals surface area (Å²) in [6.07, 6.45) is 1.59. The molecule has 120 valence electrons. The molecular formula is C14H14N4O4S. The number of hydrogen-bond donors (Lipinski definition) is 1. The molecular weight excluding hydrogens is 320 g/mol. The van der Waals surface area contributed by atoms with Gasteiger partial charge in [-0.3, -0.25) is 25.7 Å². The summed E-state index contributed by atoms with van der Waals surface area (Å²) in [5, 5.41) is 28.0. The van der Waals surface area contributed by atoms with E-state index in [1.54, 1.807) is 0 Å². The topological polar surface area (TPSA) is 111 Å². The first-order chi connectivity index (χ1) is 11.0. The molecule has 0 saturated carbocycles. The number of thiophene rings is 1. The highest BCUT2D eigenvalue weighted by molar-refractivity contribution is 7.12. The van der Waals surface area contributed by atoms with Gasteiger partial charge in [0.25, 0.3) is 5.69 Å². The van der Waals surface area contributed by atoms with E-state index in [0.717, 1.165) is 23.1 Å². The highest BCUT2D eigenvalue weighted by Gasteiger charge is 2.19. The largest absolute Gasteiger partial charge is 0.301 e. The molecule has 0 unspecified atom stereocenters. The van der Waals surface area contributed by atoms with Gasteiger partial charge in [0.2, 0.25) is 0 Å². The van der Waals surface area contributed by atoms with E-state index in [0.29, 0.717) is 6.42 Å². The van der Waals surface area contributed by atoms with Crippen LogP contribution in [0.1, 0.15) is 24.6 Å². The number of hydrazone groups is 1. The Morgan fingerprint density at radius 3 is 2.61 bits per heavy atom. The second kappa shape index (κ2) is 7.45. The molecule has 2 aromatic rings. The van der Waals surface area contributed by atoms with Crippen LogP contribution in [0.4, 0.5) is 17.1 Å². The second-order valence-corrected chi connectivity index (χ2v) is 5.56. The molecule has 9 heteroatoms. The van der Waals surface area contributed by atoms with Crippen LogP contribution in [0.15, 0.2) is 40.8 Å². The molecule has 1 heterocycles. The molecule has 1 aromatic carbocycles. The average Bonchev–Trinajstić information content (AvgIpc) is 3.05. The van der Waals surface area contributed by atoms with Crippen LogP contribution in [0.5, 0.6) is 0 Å². The standard InChI is InChI=1S/C14H14N4O4S/c1-2-4-12(14-5-3-8-23-14)16-15-11-7-6-10(17(19)20)9-13(11)18(21)22/h3,5-9,15H,2,4H2,1H3/b16-12+. The Hall–Kier alpha value is -2.81. The number of anilines is 1. The molecule has 23 heavy (non-hydrogen) atoms. The van der Waals surface area contributed by atoms with Gasteiger partial charge in [0.15, 0.2) is 0 Å². The Labute approximate surface area is 135 Å². The van der Waals surface area contributed by atoms with Gasteiger partial charge in [0.1, 0.15) is 5.69 Å². The maximum absolute atomic E-state index is 11.1. The molecule has 0 aliphatic rings. The van der Waals surface area contributed by atoms with Gasteiger partial charge in [-0.25, -0.2) is 0 Å². The summed E-state index contributed by atoms with van der Waals surface area (Å²) in [4.78, 5) is 21.5. The molecule has 0 spiro atoms. The lowest BCUT2D eigenvalue weighted by atomic mass is 10.2. The van der Waals surface area contributed by atoms with Crippen molar-refractivity contribution < 1.29 is 9.85 Å². The number of nitrogens with one attached hydrogen (secondary N) is 1. The van der Waals surface area contributed by atoms with Crippen LogP contribution in [0.2, 0.25) is 0 Å². The van der Waals surface area contributed by atoms with Gasteiger partial charge in [-0.05, 0) is 23.9 Å². The maximum atomic E-state index is 11.1. The van der Waals surface area contributed by atoms with Gasteiger partial charge in [-0.2, -0.15) is 5.10 Å². The van der Waals surface area contributed by atoms with E-state index in [2.05, 4.69) is 10.5 Å². The maximum Gasteiger partial charge on any atom is 0.301 e. The SMILES string of the molecule is CCC/C(=N\Nc1ccc([N+](=O)[O-])cc1[N+](=O)[O-])c1cccs1. The number of hydrogen-bond acceptors (Lipinski definition) is 7. The molecule has 0 bridgehead atoms. The van der Waals surface area contributed by atoms with Crippen molar-refractivity contribution >= 4 is 34.1 Å². The van der Waals surface area contributed by atoms with Gasteiger partial charge < -0.3 is 0 Å². The minimum atomic E-state index is -0.672. The third-order valence-electron chi connectivity index (χ3n) is 2.99. The van der Waals surface area contributed by atoms with E-state index in [1.165, 1.54) is 23.5 Å². The fourth-order valence-electron chi connectivity index (χ4n) is 1.92. The highest BCUT2D eigenvalue weighted by Crippen LogP contribution is 2.29.